The molecule has 0 aliphatic heterocycles. The van der Waals surface area contributed by atoms with E-state index in [0.29, 0.717) is 24.7 Å². The van der Waals surface area contributed by atoms with Crippen LogP contribution in [0.25, 0.3) is 0 Å². The van der Waals surface area contributed by atoms with Crippen molar-refractivity contribution in [3.63, 3.8) is 0 Å². The van der Waals surface area contributed by atoms with Crippen LogP contribution in [-0.4, -0.2) is 20.9 Å². The van der Waals surface area contributed by atoms with E-state index in [-0.39, 0.29) is 15.7 Å². The van der Waals surface area contributed by atoms with Crippen LogP contribution in [0.3, 0.4) is 0 Å². The van der Waals surface area contributed by atoms with Gasteiger partial charge in [0.1, 0.15) is 23.0 Å². The number of ether oxygens (including phenoxy) is 1. The Labute approximate surface area is 146 Å². The lowest BCUT2D eigenvalue weighted by Gasteiger charge is -2.12. The SMILES string of the molecule is CCc1cc(OCCCl)cc(OS(=O)(=O)c2ccccc2Cl)c1. The van der Waals surface area contributed by atoms with Gasteiger partial charge in [-0.2, -0.15) is 8.42 Å². The Morgan fingerprint density at radius 2 is 1.78 bits per heavy atom. The van der Waals surface area contributed by atoms with Crippen LogP contribution in [-0.2, 0) is 16.5 Å². The van der Waals surface area contributed by atoms with E-state index in [2.05, 4.69) is 0 Å². The van der Waals surface area contributed by atoms with Gasteiger partial charge in [-0.1, -0.05) is 30.7 Å². The van der Waals surface area contributed by atoms with E-state index in [1.165, 1.54) is 18.2 Å². The van der Waals surface area contributed by atoms with Crippen LogP contribution in [0.15, 0.2) is 47.4 Å². The van der Waals surface area contributed by atoms with Crippen molar-refractivity contribution in [2.45, 2.75) is 18.2 Å². The van der Waals surface area contributed by atoms with Crippen molar-refractivity contribution in [3.8, 4) is 11.5 Å². The zero-order valence-corrected chi connectivity index (χ0v) is 14.8. The van der Waals surface area contributed by atoms with Gasteiger partial charge in [-0.25, -0.2) is 0 Å². The maximum atomic E-state index is 12.4. The molecular weight excluding hydrogens is 359 g/mol. The lowest BCUT2D eigenvalue weighted by Crippen LogP contribution is -2.10. The van der Waals surface area contributed by atoms with Crippen LogP contribution < -0.4 is 8.92 Å². The summed E-state index contributed by atoms with van der Waals surface area (Å²) in [6.45, 7) is 2.28. The quantitative estimate of drug-likeness (QED) is 0.535. The normalized spacial score (nSPS) is 11.3. The smallest absolute Gasteiger partial charge is 0.340 e. The minimum atomic E-state index is -4.02. The van der Waals surface area contributed by atoms with E-state index >= 15 is 0 Å². The predicted octanol–water partition coefficient (Wildman–Crippen LogP) is 4.29. The molecule has 0 saturated carbocycles. The molecule has 0 aliphatic carbocycles. The molecule has 0 saturated heterocycles. The van der Waals surface area contributed by atoms with Gasteiger partial charge >= 0.3 is 10.1 Å². The molecular formula is C16H16Cl2O4S. The molecule has 0 amide bonds. The Morgan fingerprint density at radius 1 is 1.09 bits per heavy atom. The van der Waals surface area contributed by atoms with Gasteiger partial charge in [0.05, 0.1) is 10.9 Å². The molecule has 0 N–H and O–H groups in total. The van der Waals surface area contributed by atoms with Crippen molar-refractivity contribution in [2.75, 3.05) is 12.5 Å². The average Bonchev–Trinajstić information content (AvgIpc) is 2.52. The van der Waals surface area contributed by atoms with Crippen molar-refractivity contribution >= 4 is 33.3 Å². The number of aryl methyl sites for hydroxylation is 1. The molecule has 0 radical (unpaired) electrons. The standard InChI is InChI=1S/C16H16Cl2O4S/c1-2-12-9-13(21-8-7-17)11-14(10-12)22-23(19,20)16-6-4-3-5-15(16)18/h3-6,9-11H,2,7-8H2,1H3. The first-order valence-electron chi connectivity index (χ1n) is 6.98. The van der Waals surface area contributed by atoms with Crippen molar-refractivity contribution in [1.82, 2.24) is 0 Å². The highest BCUT2D eigenvalue weighted by molar-refractivity contribution is 7.87. The van der Waals surface area contributed by atoms with Gasteiger partial charge in [0.2, 0.25) is 0 Å². The largest absolute Gasteiger partial charge is 0.492 e. The van der Waals surface area contributed by atoms with E-state index < -0.39 is 10.1 Å². The molecule has 23 heavy (non-hydrogen) atoms. The number of hydrogen-bond acceptors (Lipinski definition) is 4. The third-order valence-corrected chi connectivity index (χ3v) is 4.91. The number of hydrogen-bond donors (Lipinski definition) is 0. The third kappa shape index (κ3) is 4.77. The molecule has 4 nitrogen and oxygen atoms in total. The Bertz CT molecular complexity index is 775. The van der Waals surface area contributed by atoms with E-state index in [9.17, 15) is 8.42 Å². The first-order valence-corrected chi connectivity index (χ1v) is 9.30. The van der Waals surface area contributed by atoms with Crippen LogP contribution in [0, 0.1) is 0 Å². The van der Waals surface area contributed by atoms with Gasteiger partial charge in [0, 0.05) is 6.07 Å². The van der Waals surface area contributed by atoms with Crippen molar-refractivity contribution in [1.29, 1.82) is 0 Å². The molecule has 0 aliphatic rings. The van der Waals surface area contributed by atoms with Crippen LogP contribution in [0.1, 0.15) is 12.5 Å². The third-order valence-electron chi connectivity index (χ3n) is 3.01. The molecule has 0 aromatic heterocycles. The minimum absolute atomic E-state index is 0.0770. The van der Waals surface area contributed by atoms with Gasteiger partial charge in [0.25, 0.3) is 0 Å². The lowest BCUT2D eigenvalue weighted by atomic mass is 10.1. The van der Waals surface area contributed by atoms with Gasteiger partial charge in [-0.05, 0) is 36.2 Å². The summed E-state index contributed by atoms with van der Waals surface area (Å²) in [5.74, 6) is 1.02. The number of alkyl halides is 1. The molecule has 0 spiro atoms. The summed E-state index contributed by atoms with van der Waals surface area (Å²) in [7, 11) is -4.02. The Morgan fingerprint density at radius 3 is 2.43 bits per heavy atom. The summed E-state index contributed by atoms with van der Waals surface area (Å²) in [5, 5.41) is 0.109. The predicted molar refractivity (Wildman–Crippen MR) is 91.3 cm³/mol. The monoisotopic (exact) mass is 374 g/mol. The summed E-state index contributed by atoms with van der Waals surface area (Å²) in [6, 6.07) is 11.1. The Kier molecular flexibility index (Phi) is 6.16. The highest BCUT2D eigenvalue weighted by Crippen LogP contribution is 2.28. The first kappa shape index (κ1) is 17.9. The summed E-state index contributed by atoms with van der Waals surface area (Å²) >= 11 is 11.5. The maximum absolute atomic E-state index is 12.4. The second-order valence-electron chi connectivity index (χ2n) is 4.67. The van der Waals surface area contributed by atoms with Gasteiger partial charge < -0.3 is 8.92 Å². The van der Waals surface area contributed by atoms with Crippen LogP contribution in [0.5, 0.6) is 11.5 Å². The maximum Gasteiger partial charge on any atom is 0.340 e. The highest BCUT2D eigenvalue weighted by Gasteiger charge is 2.20. The Hall–Kier alpha value is -1.43. The molecule has 2 aromatic rings. The molecule has 7 heteroatoms. The van der Waals surface area contributed by atoms with Gasteiger partial charge in [-0.3, -0.25) is 0 Å². The van der Waals surface area contributed by atoms with Gasteiger partial charge in [-0.15, -0.1) is 11.6 Å². The van der Waals surface area contributed by atoms with Crippen LogP contribution >= 0.6 is 23.2 Å². The summed E-state index contributed by atoms with van der Waals surface area (Å²) in [6.07, 6.45) is 0.709. The molecule has 0 atom stereocenters. The number of benzene rings is 2. The average molecular weight is 375 g/mol. The van der Waals surface area contributed by atoms with E-state index in [1.807, 2.05) is 13.0 Å². The molecule has 2 aromatic carbocycles. The zero-order valence-electron chi connectivity index (χ0n) is 12.5. The fourth-order valence-corrected chi connectivity index (χ4v) is 3.43. The number of rotatable bonds is 7. The highest BCUT2D eigenvalue weighted by atomic mass is 35.5. The second kappa shape index (κ2) is 7.90. The van der Waals surface area contributed by atoms with Crippen molar-refractivity contribution in [2.24, 2.45) is 0 Å². The van der Waals surface area contributed by atoms with E-state index in [0.717, 1.165) is 5.56 Å². The fourth-order valence-electron chi connectivity index (χ4n) is 1.94. The topological polar surface area (TPSA) is 52.6 Å². The lowest BCUT2D eigenvalue weighted by molar-refractivity contribution is 0.341. The van der Waals surface area contributed by atoms with E-state index in [1.54, 1.807) is 18.2 Å². The van der Waals surface area contributed by atoms with Crippen molar-refractivity contribution in [3.05, 3.63) is 53.1 Å². The summed E-state index contributed by atoms with van der Waals surface area (Å²) in [5.41, 5.74) is 0.890. The van der Waals surface area contributed by atoms with E-state index in [4.69, 9.17) is 32.1 Å². The summed E-state index contributed by atoms with van der Waals surface area (Å²) < 4.78 is 35.4. The van der Waals surface area contributed by atoms with Crippen LogP contribution in [0.4, 0.5) is 0 Å². The minimum Gasteiger partial charge on any atom is -0.492 e. The molecule has 124 valence electrons. The summed E-state index contributed by atoms with van der Waals surface area (Å²) in [4.78, 5) is -0.0770. The van der Waals surface area contributed by atoms with Crippen molar-refractivity contribution < 1.29 is 17.3 Å². The molecule has 0 unspecified atom stereocenters. The zero-order chi connectivity index (χ0) is 16.9. The van der Waals surface area contributed by atoms with Gasteiger partial charge in [0.15, 0.2) is 0 Å². The Balaban J connectivity index is 2.33. The van der Waals surface area contributed by atoms with Crippen LogP contribution in [0.2, 0.25) is 5.02 Å². The second-order valence-corrected chi connectivity index (χ2v) is 6.97. The molecule has 0 heterocycles. The molecule has 2 rings (SSSR count). The number of halogens is 2. The molecule has 0 bridgehead atoms. The molecule has 0 fully saturated rings. The fraction of sp³-hybridized carbons (Fsp3) is 0.250. The first-order chi connectivity index (χ1) is 11.0.